The normalized spacial score (nSPS) is 19.4. The molecular weight excluding hydrogens is 221 g/mol. The van der Waals surface area contributed by atoms with E-state index in [1.165, 1.54) is 7.11 Å². The molecule has 1 atom stereocenters. The standard InChI is InChI=1S/C13H18FNO2/c1-16-11-7-9(6-10-4-3-5-15-10)13(14)12(8-11)17-2/h7-8,10,15H,3-6H2,1-2H3. The van der Waals surface area contributed by atoms with Gasteiger partial charge < -0.3 is 14.8 Å². The number of hydrogen-bond donors (Lipinski definition) is 1. The Morgan fingerprint density at radius 2 is 2.18 bits per heavy atom. The predicted molar refractivity (Wildman–Crippen MR) is 64.2 cm³/mol. The zero-order valence-electron chi connectivity index (χ0n) is 10.3. The van der Waals surface area contributed by atoms with E-state index >= 15 is 0 Å². The highest BCUT2D eigenvalue weighted by molar-refractivity contribution is 5.40. The van der Waals surface area contributed by atoms with Crippen molar-refractivity contribution in [1.29, 1.82) is 0 Å². The SMILES string of the molecule is COc1cc(CC2CCCN2)c(F)c(OC)c1. The van der Waals surface area contributed by atoms with E-state index in [0.717, 1.165) is 19.4 Å². The lowest BCUT2D eigenvalue weighted by atomic mass is 10.0. The Bertz CT molecular complexity index is 389. The number of ether oxygens (including phenoxy) is 2. The van der Waals surface area contributed by atoms with Gasteiger partial charge in [0.1, 0.15) is 5.75 Å². The average molecular weight is 239 g/mol. The molecule has 1 fully saturated rings. The molecule has 0 aromatic heterocycles. The fourth-order valence-corrected chi connectivity index (χ4v) is 2.24. The van der Waals surface area contributed by atoms with E-state index in [2.05, 4.69) is 5.32 Å². The molecule has 94 valence electrons. The van der Waals surface area contributed by atoms with Crippen molar-refractivity contribution >= 4 is 0 Å². The first-order chi connectivity index (χ1) is 8.24. The van der Waals surface area contributed by atoms with Crippen molar-refractivity contribution in [3.05, 3.63) is 23.5 Å². The van der Waals surface area contributed by atoms with Crippen molar-refractivity contribution in [3.63, 3.8) is 0 Å². The fourth-order valence-electron chi connectivity index (χ4n) is 2.24. The summed E-state index contributed by atoms with van der Waals surface area (Å²) in [6.07, 6.45) is 2.94. The maximum absolute atomic E-state index is 14.0. The minimum atomic E-state index is -0.276. The monoisotopic (exact) mass is 239 g/mol. The van der Waals surface area contributed by atoms with Crippen molar-refractivity contribution < 1.29 is 13.9 Å². The summed E-state index contributed by atoms with van der Waals surface area (Å²) >= 11 is 0. The molecule has 2 rings (SSSR count). The summed E-state index contributed by atoms with van der Waals surface area (Å²) in [5, 5.41) is 3.36. The first kappa shape index (κ1) is 12.2. The minimum Gasteiger partial charge on any atom is -0.497 e. The highest BCUT2D eigenvalue weighted by atomic mass is 19.1. The second kappa shape index (κ2) is 5.36. The van der Waals surface area contributed by atoms with E-state index in [1.807, 2.05) is 0 Å². The van der Waals surface area contributed by atoms with Gasteiger partial charge in [0.05, 0.1) is 14.2 Å². The fraction of sp³-hybridized carbons (Fsp3) is 0.538. The van der Waals surface area contributed by atoms with Crippen LogP contribution in [0.3, 0.4) is 0 Å². The maximum atomic E-state index is 14.0. The lowest BCUT2D eigenvalue weighted by molar-refractivity contribution is 0.370. The molecule has 1 aliphatic rings. The van der Waals surface area contributed by atoms with Gasteiger partial charge in [0.25, 0.3) is 0 Å². The molecular formula is C13H18FNO2. The summed E-state index contributed by atoms with van der Waals surface area (Å²) in [4.78, 5) is 0. The third kappa shape index (κ3) is 2.69. The number of methoxy groups -OCH3 is 2. The molecule has 3 nitrogen and oxygen atoms in total. The van der Waals surface area contributed by atoms with Crippen LogP contribution < -0.4 is 14.8 Å². The smallest absolute Gasteiger partial charge is 0.168 e. The molecule has 0 radical (unpaired) electrons. The summed E-state index contributed by atoms with van der Waals surface area (Å²) in [5.74, 6) is 0.607. The molecule has 4 heteroatoms. The Hall–Kier alpha value is -1.29. The lowest BCUT2D eigenvalue weighted by Crippen LogP contribution is -2.24. The second-order valence-electron chi connectivity index (χ2n) is 4.30. The quantitative estimate of drug-likeness (QED) is 0.873. The zero-order chi connectivity index (χ0) is 12.3. The van der Waals surface area contributed by atoms with E-state index in [4.69, 9.17) is 9.47 Å². The van der Waals surface area contributed by atoms with Crippen LogP contribution in [0.5, 0.6) is 11.5 Å². The number of benzene rings is 1. The summed E-state index contributed by atoms with van der Waals surface area (Å²) in [7, 11) is 3.04. The topological polar surface area (TPSA) is 30.5 Å². The largest absolute Gasteiger partial charge is 0.497 e. The zero-order valence-corrected chi connectivity index (χ0v) is 10.3. The molecule has 17 heavy (non-hydrogen) atoms. The van der Waals surface area contributed by atoms with Gasteiger partial charge in [-0.1, -0.05) is 0 Å². The van der Waals surface area contributed by atoms with Crippen LogP contribution in [0.2, 0.25) is 0 Å². The Morgan fingerprint density at radius 3 is 2.76 bits per heavy atom. The van der Waals surface area contributed by atoms with Crippen LogP contribution in [0.15, 0.2) is 12.1 Å². The van der Waals surface area contributed by atoms with Gasteiger partial charge in [-0.05, 0) is 37.4 Å². The molecule has 0 spiro atoms. The first-order valence-corrected chi connectivity index (χ1v) is 5.88. The van der Waals surface area contributed by atoms with Crippen molar-refractivity contribution in [2.45, 2.75) is 25.3 Å². The molecule has 0 aliphatic carbocycles. The molecule has 0 amide bonds. The molecule has 0 bridgehead atoms. The van der Waals surface area contributed by atoms with E-state index in [0.29, 0.717) is 23.8 Å². The van der Waals surface area contributed by atoms with Crippen molar-refractivity contribution in [1.82, 2.24) is 5.32 Å². The third-order valence-electron chi connectivity index (χ3n) is 3.17. The van der Waals surface area contributed by atoms with Gasteiger partial charge in [0.2, 0.25) is 0 Å². The molecule has 1 unspecified atom stereocenters. The Labute approximate surface area is 101 Å². The summed E-state index contributed by atoms with van der Waals surface area (Å²) in [6, 6.07) is 3.68. The van der Waals surface area contributed by atoms with Gasteiger partial charge in [-0.15, -0.1) is 0 Å². The molecule has 1 aromatic rings. The van der Waals surface area contributed by atoms with Crippen LogP contribution in [0, 0.1) is 5.82 Å². The van der Waals surface area contributed by atoms with Crippen LogP contribution in [-0.4, -0.2) is 26.8 Å². The number of hydrogen-bond acceptors (Lipinski definition) is 3. The van der Waals surface area contributed by atoms with Crippen LogP contribution in [0.4, 0.5) is 4.39 Å². The van der Waals surface area contributed by atoms with Gasteiger partial charge in [0, 0.05) is 12.1 Å². The molecule has 1 heterocycles. The Balaban J connectivity index is 2.24. The molecule has 1 aliphatic heterocycles. The molecule has 1 saturated heterocycles. The minimum absolute atomic E-state index is 0.248. The van der Waals surface area contributed by atoms with Crippen LogP contribution in [0.1, 0.15) is 18.4 Å². The third-order valence-corrected chi connectivity index (χ3v) is 3.17. The van der Waals surface area contributed by atoms with E-state index < -0.39 is 0 Å². The van der Waals surface area contributed by atoms with Crippen LogP contribution in [0.25, 0.3) is 0 Å². The predicted octanol–water partition coefficient (Wildman–Crippen LogP) is 2.14. The average Bonchev–Trinajstić information content (AvgIpc) is 2.84. The van der Waals surface area contributed by atoms with E-state index in [1.54, 1.807) is 19.2 Å². The van der Waals surface area contributed by atoms with E-state index in [9.17, 15) is 4.39 Å². The Morgan fingerprint density at radius 1 is 1.35 bits per heavy atom. The van der Waals surface area contributed by atoms with Gasteiger partial charge >= 0.3 is 0 Å². The number of rotatable bonds is 4. The molecule has 0 saturated carbocycles. The summed E-state index contributed by atoms with van der Waals surface area (Å²) < 4.78 is 24.2. The maximum Gasteiger partial charge on any atom is 0.168 e. The second-order valence-corrected chi connectivity index (χ2v) is 4.30. The van der Waals surface area contributed by atoms with Gasteiger partial charge in [-0.25, -0.2) is 4.39 Å². The van der Waals surface area contributed by atoms with Crippen molar-refractivity contribution in [2.75, 3.05) is 20.8 Å². The first-order valence-electron chi connectivity index (χ1n) is 5.88. The molecule has 1 N–H and O–H groups in total. The highest BCUT2D eigenvalue weighted by Gasteiger charge is 2.19. The van der Waals surface area contributed by atoms with Crippen molar-refractivity contribution in [3.8, 4) is 11.5 Å². The summed E-state index contributed by atoms with van der Waals surface area (Å²) in [5.41, 5.74) is 0.653. The highest BCUT2D eigenvalue weighted by Crippen LogP contribution is 2.28. The number of halogens is 1. The van der Waals surface area contributed by atoms with Crippen molar-refractivity contribution in [2.24, 2.45) is 0 Å². The summed E-state index contributed by atoms with van der Waals surface area (Å²) in [6.45, 7) is 1.02. The van der Waals surface area contributed by atoms with Crippen LogP contribution >= 0.6 is 0 Å². The van der Waals surface area contributed by atoms with Gasteiger partial charge in [0.15, 0.2) is 11.6 Å². The Kier molecular flexibility index (Phi) is 3.84. The molecule has 1 aromatic carbocycles. The van der Waals surface area contributed by atoms with Gasteiger partial charge in [-0.3, -0.25) is 0 Å². The van der Waals surface area contributed by atoms with Gasteiger partial charge in [-0.2, -0.15) is 0 Å². The van der Waals surface area contributed by atoms with E-state index in [-0.39, 0.29) is 11.6 Å². The van der Waals surface area contributed by atoms with Crippen LogP contribution in [-0.2, 0) is 6.42 Å². The number of nitrogens with one attached hydrogen (secondary N) is 1. The lowest BCUT2D eigenvalue weighted by Gasteiger charge is -2.14.